The quantitative estimate of drug-likeness (QED) is 0.275. The number of benzene rings is 5. The first-order chi connectivity index (χ1) is 18.0. The lowest BCUT2D eigenvalue weighted by molar-refractivity contribution is 0.0979. The molecule has 37 heavy (non-hydrogen) atoms. The van der Waals surface area contributed by atoms with Gasteiger partial charge in [-0.2, -0.15) is 0 Å². The van der Waals surface area contributed by atoms with Gasteiger partial charge in [0.1, 0.15) is 16.9 Å². The zero-order valence-electron chi connectivity index (χ0n) is 19.9. The summed E-state index contributed by atoms with van der Waals surface area (Å²) in [6.45, 7) is 2.01. The van der Waals surface area contributed by atoms with E-state index in [2.05, 4.69) is 0 Å². The van der Waals surface area contributed by atoms with Crippen LogP contribution in [0.4, 0.5) is 0 Å². The summed E-state index contributed by atoms with van der Waals surface area (Å²) >= 11 is 0. The van der Waals surface area contributed by atoms with Gasteiger partial charge in [-0.25, -0.2) is 0 Å². The van der Waals surface area contributed by atoms with Crippen LogP contribution in [0.15, 0.2) is 101 Å². The molecule has 0 saturated heterocycles. The zero-order chi connectivity index (χ0) is 25.3. The van der Waals surface area contributed by atoms with E-state index in [4.69, 9.17) is 4.42 Å². The average molecular weight is 481 g/mol. The Balaban J connectivity index is 1.55. The molecule has 176 valence electrons. The van der Waals surface area contributed by atoms with Crippen LogP contribution < -0.4 is 0 Å². The molecule has 7 rings (SSSR count). The molecule has 0 fully saturated rings. The summed E-state index contributed by atoms with van der Waals surface area (Å²) in [5.41, 5.74) is 6.45. The highest BCUT2D eigenvalue weighted by molar-refractivity contribution is 6.29. The minimum atomic E-state index is -0.206. The first-order valence-corrected chi connectivity index (χ1v) is 12.1. The Kier molecular flexibility index (Phi) is 4.48. The van der Waals surface area contributed by atoms with Gasteiger partial charge in [0.05, 0.1) is 5.56 Å². The number of furan rings is 1. The van der Waals surface area contributed by atoms with Crippen molar-refractivity contribution in [3.63, 3.8) is 0 Å². The number of phenolic OH excluding ortho intramolecular Hbond substituents is 1. The van der Waals surface area contributed by atoms with Gasteiger partial charge in [0, 0.05) is 38.6 Å². The van der Waals surface area contributed by atoms with Crippen LogP contribution in [-0.2, 0) is 0 Å². The number of hydrogen-bond acceptors (Lipinski definition) is 4. The average Bonchev–Trinajstić information content (AvgIpc) is 3.29. The Hall–Kier alpha value is -4.96. The third-order valence-corrected chi connectivity index (χ3v) is 7.29. The summed E-state index contributed by atoms with van der Waals surface area (Å²) in [7, 11) is 0. The summed E-state index contributed by atoms with van der Waals surface area (Å²) in [4.78, 5) is 26.6. The van der Waals surface area contributed by atoms with Crippen LogP contribution in [0.25, 0.3) is 44.2 Å². The second-order valence-electron chi connectivity index (χ2n) is 9.40. The van der Waals surface area contributed by atoms with Gasteiger partial charge in [-0.3, -0.25) is 9.59 Å². The van der Waals surface area contributed by atoms with Crippen molar-refractivity contribution in [2.45, 2.75) is 6.92 Å². The molecule has 5 aromatic carbocycles. The van der Waals surface area contributed by atoms with Crippen LogP contribution in [0.5, 0.6) is 5.75 Å². The predicted molar refractivity (Wildman–Crippen MR) is 144 cm³/mol. The van der Waals surface area contributed by atoms with Gasteiger partial charge in [0.15, 0.2) is 11.6 Å². The number of fused-ring (bicyclic) bond motifs is 5. The van der Waals surface area contributed by atoms with Crippen molar-refractivity contribution in [3.8, 4) is 28.0 Å². The van der Waals surface area contributed by atoms with Gasteiger partial charge >= 0.3 is 0 Å². The molecular formula is C33H20O4. The van der Waals surface area contributed by atoms with E-state index >= 15 is 0 Å². The minimum absolute atomic E-state index is 0.0655. The Morgan fingerprint density at radius 3 is 1.97 bits per heavy atom. The summed E-state index contributed by atoms with van der Waals surface area (Å²) in [5.74, 6) is -0.318. The molecule has 0 atom stereocenters. The Bertz CT molecular complexity index is 1940. The molecule has 0 amide bonds. The van der Waals surface area contributed by atoms with E-state index in [1.54, 1.807) is 42.5 Å². The molecule has 0 saturated carbocycles. The molecule has 0 radical (unpaired) electrons. The fourth-order valence-electron chi connectivity index (χ4n) is 5.45. The van der Waals surface area contributed by atoms with E-state index in [0.717, 1.165) is 21.9 Å². The molecule has 0 aliphatic heterocycles. The van der Waals surface area contributed by atoms with Crippen molar-refractivity contribution < 1.29 is 19.1 Å². The molecule has 6 aromatic rings. The molecule has 0 bridgehead atoms. The molecule has 1 N–H and O–H groups in total. The molecule has 0 unspecified atom stereocenters. The van der Waals surface area contributed by atoms with Gasteiger partial charge < -0.3 is 9.52 Å². The number of hydrogen-bond donors (Lipinski definition) is 1. The van der Waals surface area contributed by atoms with E-state index in [0.29, 0.717) is 50.1 Å². The van der Waals surface area contributed by atoms with Crippen molar-refractivity contribution in [2.24, 2.45) is 0 Å². The van der Waals surface area contributed by atoms with E-state index in [1.807, 2.05) is 61.5 Å². The lowest BCUT2D eigenvalue weighted by atomic mass is 9.82. The highest BCUT2D eigenvalue weighted by atomic mass is 16.3. The van der Waals surface area contributed by atoms with Crippen molar-refractivity contribution in [1.29, 1.82) is 0 Å². The highest BCUT2D eigenvalue weighted by Gasteiger charge is 2.30. The van der Waals surface area contributed by atoms with Gasteiger partial charge in [-0.1, -0.05) is 72.8 Å². The van der Waals surface area contributed by atoms with Crippen LogP contribution in [-0.4, -0.2) is 16.7 Å². The Morgan fingerprint density at radius 2 is 1.22 bits per heavy atom. The number of phenols is 1. The van der Waals surface area contributed by atoms with Crippen molar-refractivity contribution in [2.75, 3.05) is 0 Å². The van der Waals surface area contributed by atoms with Crippen LogP contribution in [0, 0.1) is 6.92 Å². The summed E-state index contributed by atoms with van der Waals surface area (Å²) in [6.07, 6.45) is 0. The number of ketones is 2. The number of aryl methyl sites for hydroxylation is 1. The number of para-hydroxylation sites is 1. The molecule has 1 aliphatic carbocycles. The molecule has 4 heteroatoms. The van der Waals surface area contributed by atoms with Crippen LogP contribution in [0.1, 0.15) is 37.4 Å². The van der Waals surface area contributed by atoms with E-state index in [9.17, 15) is 14.7 Å². The smallest absolute Gasteiger partial charge is 0.194 e. The number of rotatable bonds is 2. The standard InChI is InChI=1S/C33H20O4/c1-18-8-2-3-9-20(18)26-17-27-21-10-6-7-13-28(21)37-33(27)29(32(26)36)19-14-15-24-25(16-19)31(35)23-12-5-4-11-22(23)30(24)34/h2-17,36H,1H3. The summed E-state index contributed by atoms with van der Waals surface area (Å²) in [5, 5.41) is 13.5. The van der Waals surface area contributed by atoms with Gasteiger partial charge in [0.25, 0.3) is 0 Å². The SMILES string of the molecule is Cc1ccccc1-c1cc2c(oc3ccccc32)c(-c2ccc3c(c2)C(=O)c2ccccc2C3=O)c1O. The number of carbonyl (C=O) groups is 2. The molecule has 0 spiro atoms. The minimum Gasteiger partial charge on any atom is -0.507 e. The van der Waals surface area contributed by atoms with Crippen LogP contribution in [0.2, 0.25) is 0 Å². The number of carbonyl (C=O) groups excluding carboxylic acids is 2. The molecular weight excluding hydrogens is 460 g/mol. The van der Waals surface area contributed by atoms with Crippen molar-refractivity contribution in [1.82, 2.24) is 0 Å². The van der Waals surface area contributed by atoms with Gasteiger partial charge in [-0.05, 0) is 47.9 Å². The predicted octanol–water partition coefficient (Wildman–Crippen LogP) is 7.71. The zero-order valence-corrected chi connectivity index (χ0v) is 19.9. The normalized spacial score (nSPS) is 12.7. The highest BCUT2D eigenvalue weighted by Crippen LogP contribution is 2.47. The van der Waals surface area contributed by atoms with Gasteiger partial charge in [0.2, 0.25) is 0 Å². The molecule has 1 heterocycles. The lowest BCUT2D eigenvalue weighted by Crippen LogP contribution is -2.20. The van der Waals surface area contributed by atoms with Crippen molar-refractivity contribution in [3.05, 3.63) is 125 Å². The summed E-state index contributed by atoms with van der Waals surface area (Å²) < 4.78 is 6.28. The Morgan fingerprint density at radius 1 is 0.595 bits per heavy atom. The van der Waals surface area contributed by atoms with Crippen LogP contribution in [0.3, 0.4) is 0 Å². The van der Waals surface area contributed by atoms with E-state index in [-0.39, 0.29) is 17.3 Å². The lowest BCUT2D eigenvalue weighted by Gasteiger charge is -2.19. The van der Waals surface area contributed by atoms with E-state index < -0.39 is 0 Å². The molecule has 4 nitrogen and oxygen atoms in total. The fourth-order valence-corrected chi connectivity index (χ4v) is 5.45. The first kappa shape index (κ1) is 21.3. The Labute approximate surface area is 212 Å². The maximum absolute atomic E-state index is 13.4. The van der Waals surface area contributed by atoms with Crippen LogP contribution >= 0.6 is 0 Å². The second kappa shape index (κ2) is 7.77. The third kappa shape index (κ3) is 3.02. The van der Waals surface area contributed by atoms with Gasteiger partial charge in [-0.15, -0.1) is 0 Å². The first-order valence-electron chi connectivity index (χ1n) is 12.1. The monoisotopic (exact) mass is 480 g/mol. The maximum Gasteiger partial charge on any atom is 0.194 e. The fraction of sp³-hybridized carbons (Fsp3) is 0.0303. The number of aromatic hydroxyl groups is 1. The second-order valence-corrected chi connectivity index (χ2v) is 9.40. The third-order valence-electron chi connectivity index (χ3n) is 7.29. The topological polar surface area (TPSA) is 67.5 Å². The van der Waals surface area contributed by atoms with E-state index in [1.165, 1.54) is 0 Å². The molecule has 1 aromatic heterocycles. The summed E-state index contributed by atoms with van der Waals surface area (Å²) in [6, 6.07) is 29.7. The maximum atomic E-state index is 13.4. The largest absolute Gasteiger partial charge is 0.507 e. The van der Waals surface area contributed by atoms with Crippen molar-refractivity contribution >= 4 is 33.5 Å². The molecule has 1 aliphatic rings.